The number of nitrogens with zero attached hydrogens (tertiary/aromatic N) is 2. The molecule has 1 rings (SSSR count). The monoisotopic (exact) mass is 168 g/mol. The van der Waals surface area contributed by atoms with Gasteiger partial charge in [0.05, 0.1) is 11.4 Å². The van der Waals surface area contributed by atoms with E-state index in [9.17, 15) is 0 Å². The lowest BCUT2D eigenvalue weighted by molar-refractivity contribution is 0.295. The highest BCUT2D eigenvalue weighted by Crippen LogP contribution is 1.97. The van der Waals surface area contributed by atoms with Gasteiger partial charge >= 0.3 is 0 Å². The van der Waals surface area contributed by atoms with Crippen LogP contribution in [0, 0.1) is 0 Å². The molecule has 0 aromatic carbocycles. The van der Waals surface area contributed by atoms with Gasteiger partial charge < -0.3 is 10.2 Å². The minimum atomic E-state index is 0.0913. The predicted molar refractivity (Wildman–Crippen MR) is 43.6 cm³/mol. The molecule has 1 aromatic heterocycles. The smallest absolute Gasteiger partial charge is 0.0654 e. The first-order valence-electron chi connectivity index (χ1n) is 3.90. The Morgan fingerprint density at radius 1 is 0.917 bits per heavy atom. The van der Waals surface area contributed by atoms with Crippen LogP contribution in [-0.4, -0.2) is 33.6 Å². The average molecular weight is 168 g/mol. The Morgan fingerprint density at radius 2 is 1.33 bits per heavy atom. The molecule has 0 aliphatic heterocycles. The summed E-state index contributed by atoms with van der Waals surface area (Å²) in [6.07, 6.45) is 1.07. The molecule has 2 N–H and O–H groups in total. The summed E-state index contributed by atoms with van der Waals surface area (Å²) in [7, 11) is 0. The van der Waals surface area contributed by atoms with Gasteiger partial charge in [-0.25, -0.2) is 0 Å². The van der Waals surface area contributed by atoms with Gasteiger partial charge in [0.25, 0.3) is 0 Å². The van der Waals surface area contributed by atoms with Crippen LogP contribution in [0.1, 0.15) is 11.4 Å². The number of aliphatic hydroxyl groups excluding tert-OH is 2. The van der Waals surface area contributed by atoms with Gasteiger partial charge in [-0.2, -0.15) is 10.2 Å². The summed E-state index contributed by atoms with van der Waals surface area (Å²) in [5, 5.41) is 24.9. The third kappa shape index (κ3) is 2.56. The molecule has 4 heteroatoms. The molecule has 0 aliphatic rings. The van der Waals surface area contributed by atoms with Crippen LogP contribution in [0.5, 0.6) is 0 Å². The van der Waals surface area contributed by atoms with Crippen molar-refractivity contribution in [2.45, 2.75) is 12.8 Å². The zero-order chi connectivity index (χ0) is 8.81. The number of aromatic nitrogens is 2. The van der Waals surface area contributed by atoms with E-state index in [1.807, 2.05) is 12.1 Å². The van der Waals surface area contributed by atoms with Crippen LogP contribution in [-0.2, 0) is 12.8 Å². The fourth-order valence-electron chi connectivity index (χ4n) is 0.883. The molecule has 0 saturated carbocycles. The van der Waals surface area contributed by atoms with E-state index in [4.69, 9.17) is 10.2 Å². The summed E-state index contributed by atoms with van der Waals surface area (Å²) in [5.41, 5.74) is 1.55. The molecular weight excluding hydrogens is 156 g/mol. The second-order valence-electron chi connectivity index (χ2n) is 2.46. The van der Waals surface area contributed by atoms with Crippen molar-refractivity contribution in [2.24, 2.45) is 0 Å². The van der Waals surface area contributed by atoms with Gasteiger partial charge in [0.1, 0.15) is 0 Å². The molecule has 66 valence electrons. The van der Waals surface area contributed by atoms with Gasteiger partial charge in [-0.1, -0.05) is 0 Å². The summed E-state index contributed by atoms with van der Waals surface area (Å²) < 4.78 is 0. The second-order valence-corrected chi connectivity index (χ2v) is 2.46. The van der Waals surface area contributed by atoms with Crippen LogP contribution < -0.4 is 0 Å². The van der Waals surface area contributed by atoms with E-state index in [1.54, 1.807) is 0 Å². The Labute approximate surface area is 70.9 Å². The Morgan fingerprint density at radius 3 is 1.58 bits per heavy atom. The summed E-state index contributed by atoms with van der Waals surface area (Å²) in [4.78, 5) is 0. The van der Waals surface area contributed by atoms with Crippen LogP contribution in [0.2, 0.25) is 0 Å². The first-order valence-corrected chi connectivity index (χ1v) is 3.90. The standard InChI is InChI=1S/C8H12N2O2/c11-5-3-7-1-2-8(4-6-12)10-9-7/h1-2,11-12H,3-6H2. The fourth-order valence-corrected chi connectivity index (χ4v) is 0.883. The number of hydrogen-bond acceptors (Lipinski definition) is 4. The zero-order valence-corrected chi connectivity index (χ0v) is 6.77. The molecule has 0 spiro atoms. The lowest BCUT2D eigenvalue weighted by atomic mass is 10.2. The second kappa shape index (κ2) is 4.79. The van der Waals surface area contributed by atoms with Gasteiger partial charge in [-0.3, -0.25) is 0 Å². The van der Waals surface area contributed by atoms with Crippen molar-refractivity contribution in [1.82, 2.24) is 10.2 Å². The minimum absolute atomic E-state index is 0.0913. The Kier molecular flexibility index (Phi) is 3.63. The lowest BCUT2D eigenvalue weighted by Gasteiger charge is -1.98. The van der Waals surface area contributed by atoms with Crippen LogP contribution in [0.25, 0.3) is 0 Å². The number of hydrogen-bond donors (Lipinski definition) is 2. The highest BCUT2D eigenvalue weighted by atomic mass is 16.3. The van der Waals surface area contributed by atoms with Gasteiger partial charge in [-0.05, 0) is 12.1 Å². The van der Waals surface area contributed by atoms with Crippen molar-refractivity contribution in [3.05, 3.63) is 23.5 Å². The molecule has 0 saturated heterocycles. The Hall–Kier alpha value is -1.00. The molecule has 0 atom stereocenters. The van der Waals surface area contributed by atoms with Crippen molar-refractivity contribution in [2.75, 3.05) is 13.2 Å². The molecule has 0 aliphatic carbocycles. The number of rotatable bonds is 4. The van der Waals surface area contributed by atoms with E-state index in [0.29, 0.717) is 12.8 Å². The van der Waals surface area contributed by atoms with E-state index < -0.39 is 0 Å². The highest BCUT2D eigenvalue weighted by molar-refractivity contribution is 5.07. The first-order chi connectivity index (χ1) is 5.86. The molecule has 0 radical (unpaired) electrons. The molecule has 12 heavy (non-hydrogen) atoms. The van der Waals surface area contributed by atoms with Crippen molar-refractivity contribution in [1.29, 1.82) is 0 Å². The number of aliphatic hydroxyl groups is 2. The Bertz CT molecular complexity index is 198. The van der Waals surface area contributed by atoms with E-state index >= 15 is 0 Å². The maximum atomic E-state index is 8.58. The molecule has 0 bridgehead atoms. The van der Waals surface area contributed by atoms with E-state index in [2.05, 4.69) is 10.2 Å². The predicted octanol–water partition coefficient (Wildman–Crippen LogP) is -0.454. The third-order valence-corrected chi connectivity index (χ3v) is 1.51. The SMILES string of the molecule is OCCc1ccc(CCO)nn1. The molecule has 1 heterocycles. The van der Waals surface area contributed by atoms with Gasteiger partial charge in [-0.15, -0.1) is 0 Å². The summed E-state index contributed by atoms with van der Waals surface area (Å²) in [6, 6.07) is 3.63. The molecule has 0 amide bonds. The molecule has 0 fully saturated rings. The molecular formula is C8H12N2O2. The van der Waals surface area contributed by atoms with Crippen LogP contribution in [0.4, 0.5) is 0 Å². The van der Waals surface area contributed by atoms with Crippen LogP contribution in [0.15, 0.2) is 12.1 Å². The third-order valence-electron chi connectivity index (χ3n) is 1.51. The molecule has 4 nitrogen and oxygen atoms in total. The fraction of sp³-hybridized carbons (Fsp3) is 0.500. The van der Waals surface area contributed by atoms with Crippen molar-refractivity contribution >= 4 is 0 Å². The maximum absolute atomic E-state index is 8.58. The zero-order valence-electron chi connectivity index (χ0n) is 6.77. The maximum Gasteiger partial charge on any atom is 0.0654 e. The van der Waals surface area contributed by atoms with E-state index in [0.717, 1.165) is 11.4 Å². The van der Waals surface area contributed by atoms with Gasteiger partial charge in [0, 0.05) is 26.1 Å². The average Bonchev–Trinajstić information content (AvgIpc) is 2.09. The largest absolute Gasteiger partial charge is 0.396 e. The molecule has 1 aromatic rings. The highest BCUT2D eigenvalue weighted by Gasteiger charge is 1.96. The Balaban J connectivity index is 2.58. The summed E-state index contributed by atoms with van der Waals surface area (Å²) in [6.45, 7) is 0.183. The van der Waals surface area contributed by atoms with E-state index in [-0.39, 0.29) is 13.2 Å². The van der Waals surface area contributed by atoms with E-state index in [1.165, 1.54) is 0 Å². The minimum Gasteiger partial charge on any atom is -0.396 e. The normalized spacial score (nSPS) is 10.2. The van der Waals surface area contributed by atoms with Gasteiger partial charge in [0.2, 0.25) is 0 Å². The van der Waals surface area contributed by atoms with Gasteiger partial charge in [0.15, 0.2) is 0 Å². The molecule has 0 unspecified atom stereocenters. The first kappa shape index (κ1) is 9.09. The van der Waals surface area contributed by atoms with Crippen molar-refractivity contribution in [3.63, 3.8) is 0 Å². The lowest BCUT2D eigenvalue weighted by Crippen LogP contribution is -2.01. The topological polar surface area (TPSA) is 66.2 Å². The summed E-state index contributed by atoms with van der Waals surface area (Å²) in [5.74, 6) is 0. The van der Waals surface area contributed by atoms with Crippen LogP contribution in [0.3, 0.4) is 0 Å². The van der Waals surface area contributed by atoms with Crippen molar-refractivity contribution < 1.29 is 10.2 Å². The van der Waals surface area contributed by atoms with Crippen molar-refractivity contribution in [3.8, 4) is 0 Å². The summed E-state index contributed by atoms with van der Waals surface area (Å²) >= 11 is 0. The quantitative estimate of drug-likeness (QED) is 0.638. The van der Waals surface area contributed by atoms with Crippen LogP contribution >= 0.6 is 0 Å².